The van der Waals surface area contributed by atoms with Gasteiger partial charge in [-0.2, -0.15) is 0 Å². The summed E-state index contributed by atoms with van der Waals surface area (Å²) in [6.45, 7) is 3.59. The minimum absolute atomic E-state index is 0.658. The van der Waals surface area contributed by atoms with E-state index in [9.17, 15) is 0 Å². The molecule has 1 aromatic heterocycles. The third-order valence-electron chi connectivity index (χ3n) is 2.59. The molecule has 1 aromatic carbocycles. The first kappa shape index (κ1) is 11.0. The number of hydrogen-bond acceptors (Lipinski definition) is 3. The Morgan fingerprint density at radius 1 is 1.38 bits per heavy atom. The van der Waals surface area contributed by atoms with E-state index in [1.807, 2.05) is 32.4 Å². The average molecular weight is 219 g/mol. The third kappa shape index (κ3) is 2.04. The molecule has 0 saturated carbocycles. The molecule has 16 heavy (non-hydrogen) atoms. The lowest BCUT2D eigenvalue weighted by atomic mass is 10.1. The lowest BCUT2D eigenvalue weighted by Gasteiger charge is -2.03. The van der Waals surface area contributed by atoms with Gasteiger partial charge in [-0.05, 0) is 38.6 Å². The average Bonchev–Trinajstić information content (AvgIpc) is 2.71. The minimum atomic E-state index is 0.658. The summed E-state index contributed by atoms with van der Waals surface area (Å²) in [6.07, 6.45) is 2.80. The van der Waals surface area contributed by atoms with Crippen molar-refractivity contribution >= 4 is 11.0 Å². The van der Waals surface area contributed by atoms with Crippen molar-refractivity contribution in [3.63, 3.8) is 0 Å². The zero-order valence-electron chi connectivity index (χ0n) is 9.75. The maximum Gasteiger partial charge on any atom is 0.175 e. The van der Waals surface area contributed by atoms with Crippen LogP contribution >= 0.6 is 0 Å². The summed E-state index contributed by atoms with van der Waals surface area (Å²) < 4.78 is 11.1. The van der Waals surface area contributed by atoms with Crippen molar-refractivity contribution in [3.8, 4) is 5.75 Å². The summed E-state index contributed by atoms with van der Waals surface area (Å²) in [5, 5.41) is 4.29. The molecule has 0 aliphatic rings. The second-order valence-electron chi connectivity index (χ2n) is 3.68. The Kier molecular flexibility index (Phi) is 3.47. The first-order valence-electron chi connectivity index (χ1n) is 5.63. The SMILES string of the molecule is CCOc1cccc2c(CCNC)coc12. The van der Waals surface area contributed by atoms with Crippen LogP contribution in [0, 0.1) is 0 Å². The van der Waals surface area contributed by atoms with Gasteiger partial charge in [-0.25, -0.2) is 0 Å². The molecule has 0 spiro atoms. The van der Waals surface area contributed by atoms with Crippen LogP contribution in [0.5, 0.6) is 5.75 Å². The number of benzene rings is 1. The molecule has 0 radical (unpaired) electrons. The van der Waals surface area contributed by atoms with Gasteiger partial charge in [0, 0.05) is 5.39 Å². The van der Waals surface area contributed by atoms with Gasteiger partial charge >= 0.3 is 0 Å². The Morgan fingerprint density at radius 3 is 3.00 bits per heavy atom. The van der Waals surface area contributed by atoms with Crippen LogP contribution in [0.4, 0.5) is 0 Å². The number of hydrogen-bond donors (Lipinski definition) is 1. The molecule has 0 amide bonds. The maximum absolute atomic E-state index is 5.58. The molecule has 0 saturated heterocycles. The zero-order chi connectivity index (χ0) is 11.4. The summed E-state index contributed by atoms with van der Waals surface area (Å²) in [5.74, 6) is 0.829. The van der Waals surface area contributed by atoms with E-state index < -0.39 is 0 Å². The van der Waals surface area contributed by atoms with Crippen LogP contribution in [-0.2, 0) is 6.42 Å². The normalized spacial score (nSPS) is 10.9. The second-order valence-corrected chi connectivity index (χ2v) is 3.68. The van der Waals surface area contributed by atoms with E-state index in [0.29, 0.717) is 6.61 Å². The summed E-state index contributed by atoms with van der Waals surface area (Å²) in [7, 11) is 1.95. The van der Waals surface area contributed by atoms with Crippen molar-refractivity contribution in [3.05, 3.63) is 30.0 Å². The molecule has 3 nitrogen and oxygen atoms in total. The highest BCUT2D eigenvalue weighted by Crippen LogP contribution is 2.29. The molecule has 0 aliphatic heterocycles. The van der Waals surface area contributed by atoms with Gasteiger partial charge in [0.15, 0.2) is 11.3 Å². The number of nitrogens with one attached hydrogen (secondary N) is 1. The van der Waals surface area contributed by atoms with Gasteiger partial charge in [-0.15, -0.1) is 0 Å². The quantitative estimate of drug-likeness (QED) is 0.839. The number of ether oxygens (including phenoxy) is 1. The van der Waals surface area contributed by atoms with E-state index >= 15 is 0 Å². The predicted octanol–water partition coefficient (Wildman–Crippen LogP) is 2.59. The van der Waals surface area contributed by atoms with Gasteiger partial charge in [-0.3, -0.25) is 0 Å². The highest BCUT2D eigenvalue weighted by Gasteiger charge is 2.09. The lowest BCUT2D eigenvalue weighted by Crippen LogP contribution is -2.09. The molecule has 0 unspecified atom stereocenters. The largest absolute Gasteiger partial charge is 0.490 e. The second kappa shape index (κ2) is 5.03. The van der Waals surface area contributed by atoms with Gasteiger partial charge in [-0.1, -0.05) is 12.1 Å². The molecule has 86 valence electrons. The van der Waals surface area contributed by atoms with E-state index in [0.717, 1.165) is 29.7 Å². The van der Waals surface area contributed by atoms with Crippen molar-refractivity contribution in [1.82, 2.24) is 5.32 Å². The Morgan fingerprint density at radius 2 is 2.25 bits per heavy atom. The first-order valence-corrected chi connectivity index (χ1v) is 5.63. The van der Waals surface area contributed by atoms with Crippen molar-refractivity contribution in [2.45, 2.75) is 13.3 Å². The number of rotatable bonds is 5. The summed E-state index contributed by atoms with van der Waals surface area (Å²) in [5.41, 5.74) is 2.08. The van der Waals surface area contributed by atoms with E-state index in [1.165, 1.54) is 5.56 Å². The Bertz CT molecular complexity index is 462. The topological polar surface area (TPSA) is 34.4 Å². The molecule has 1 N–H and O–H groups in total. The fourth-order valence-corrected chi connectivity index (χ4v) is 1.81. The molecule has 0 atom stereocenters. The van der Waals surface area contributed by atoms with Gasteiger partial charge in [0.05, 0.1) is 12.9 Å². The van der Waals surface area contributed by atoms with Crippen molar-refractivity contribution < 1.29 is 9.15 Å². The van der Waals surface area contributed by atoms with Crippen molar-refractivity contribution in [2.24, 2.45) is 0 Å². The van der Waals surface area contributed by atoms with Crippen LogP contribution < -0.4 is 10.1 Å². The van der Waals surface area contributed by atoms with Crippen molar-refractivity contribution in [2.75, 3.05) is 20.2 Å². The molecule has 0 bridgehead atoms. The predicted molar refractivity (Wildman–Crippen MR) is 65.0 cm³/mol. The third-order valence-corrected chi connectivity index (χ3v) is 2.59. The summed E-state index contributed by atoms with van der Waals surface area (Å²) in [4.78, 5) is 0. The number of furan rings is 1. The lowest BCUT2D eigenvalue weighted by molar-refractivity contribution is 0.338. The number of para-hydroxylation sites is 1. The maximum atomic E-state index is 5.58. The first-order chi connectivity index (χ1) is 7.86. The Hall–Kier alpha value is -1.48. The van der Waals surface area contributed by atoms with E-state index in [2.05, 4.69) is 11.4 Å². The molecule has 0 aliphatic carbocycles. The molecule has 2 rings (SSSR count). The number of likely N-dealkylation sites (N-methyl/N-ethyl adjacent to an activating group) is 1. The van der Waals surface area contributed by atoms with Crippen LogP contribution in [0.2, 0.25) is 0 Å². The van der Waals surface area contributed by atoms with Gasteiger partial charge in [0.25, 0.3) is 0 Å². The zero-order valence-corrected chi connectivity index (χ0v) is 9.75. The smallest absolute Gasteiger partial charge is 0.175 e. The Labute approximate surface area is 95.4 Å². The standard InChI is InChI=1S/C13H17NO2/c1-3-15-12-6-4-5-11-10(7-8-14-2)9-16-13(11)12/h4-6,9,14H,3,7-8H2,1-2H3. The van der Waals surface area contributed by atoms with Gasteiger partial charge in [0.2, 0.25) is 0 Å². The Balaban J connectivity index is 2.36. The fourth-order valence-electron chi connectivity index (χ4n) is 1.81. The van der Waals surface area contributed by atoms with Crippen LogP contribution in [0.25, 0.3) is 11.0 Å². The molecular weight excluding hydrogens is 202 g/mol. The fraction of sp³-hybridized carbons (Fsp3) is 0.385. The van der Waals surface area contributed by atoms with Gasteiger partial charge in [0.1, 0.15) is 0 Å². The van der Waals surface area contributed by atoms with E-state index in [4.69, 9.17) is 9.15 Å². The summed E-state index contributed by atoms with van der Waals surface area (Å²) >= 11 is 0. The minimum Gasteiger partial charge on any atom is -0.490 e. The van der Waals surface area contributed by atoms with Crippen LogP contribution in [0.15, 0.2) is 28.9 Å². The van der Waals surface area contributed by atoms with Crippen LogP contribution in [0.1, 0.15) is 12.5 Å². The monoisotopic (exact) mass is 219 g/mol. The number of fused-ring (bicyclic) bond motifs is 1. The van der Waals surface area contributed by atoms with Gasteiger partial charge < -0.3 is 14.5 Å². The molecule has 1 heterocycles. The van der Waals surface area contributed by atoms with E-state index in [1.54, 1.807) is 0 Å². The van der Waals surface area contributed by atoms with Crippen LogP contribution in [0.3, 0.4) is 0 Å². The van der Waals surface area contributed by atoms with E-state index in [-0.39, 0.29) is 0 Å². The highest BCUT2D eigenvalue weighted by molar-refractivity contribution is 5.86. The molecule has 2 aromatic rings. The highest BCUT2D eigenvalue weighted by atomic mass is 16.5. The molecule has 3 heteroatoms. The van der Waals surface area contributed by atoms with Crippen molar-refractivity contribution in [1.29, 1.82) is 0 Å². The van der Waals surface area contributed by atoms with Crippen LogP contribution in [-0.4, -0.2) is 20.2 Å². The molecule has 0 fully saturated rings. The molecular formula is C13H17NO2. The summed E-state index contributed by atoms with van der Waals surface area (Å²) in [6, 6.07) is 6.02.